The van der Waals surface area contributed by atoms with Gasteiger partial charge in [0.15, 0.2) is 0 Å². The van der Waals surface area contributed by atoms with E-state index in [1.165, 1.54) is 12.1 Å². The van der Waals surface area contributed by atoms with Crippen LogP contribution in [0.15, 0.2) is 97.2 Å². The number of H-pyrrole nitrogens is 2. The summed E-state index contributed by atoms with van der Waals surface area (Å²) in [6.45, 7) is 0. The monoisotopic (exact) mass is 688 g/mol. The van der Waals surface area contributed by atoms with Crippen molar-refractivity contribution in [2.75, 3.05) is 5.32 Å². The zero-order chi connectivity index (χ0) is 32.4. The van der Waals surface area contributed by atoms with Gasteiger partial charge in [-0.05, 0) is 72.8 Å². The standard InChI is InChI=1S/C19H12Cl2N4O.C14H8Cl2N2O2/c20-12-4-3-5-13(21)17(12)18-23-14-8-7-11(10-15(14)24-18)19(26)25-16-6-1-2-9-22-16;15-8-2-1-3-9(16)12(8)13-17-10-5-4-7(14(19)20)6-11(10)18-13/h1-10H,(H,23,24)(H,22,25,26);1-6H,(H,17,18)(H,19,20). The van der Waals surface area contributed by atoms with Gasteiger partial charge >= 0.3 is 5.97 Å². The van der Waals surface area contributed by atoms with Crippen molar-refractivity contribution in [3.05, 3.63) is 128 Å². The number of benzene rings is 4. The number of hydrogen-bond donors (Lipinski definition) is 4. The molecule has 0 saturated heterocycles. The van der Waals surface area contributed by atoms with Crippen molar-refractivity contribution in [1.29, 1.82) is 0 Å². The third-order valence-electron chi connectivity index (χ3n) is 6.78. The number of rotatable bonds is 5. The molecule has 46 heavy (non-hydrogen) atoms. The third kappa shape index (κ3) is 6.54. The third-order valence-corrected chi connectivity index (χ3v) is 8.04. The van der Waals surface area contributed by atoms with Crippen LogP contribution in [0.1, 0.15) is 20.7 Å². The number of aromatic carboxylic acids is 1. The van der Waals surface area contributed by atoms with Crippen LogP contribution in [-0.4, -0.2) is 41.9 Å². The first-order chi connectivity index (χ1) is 22.2. The van der Waals surface area contributed by atoms with Crippen LogP contribution in [0.3, 0.4) is 0 Å². The Morgan fingerprint density at radius 2 is 1.13 bits per heavy atom. The molecule has 0 spiro atoms. The predicted octanol–water partition coefficient (Wildman–Crippen LogP) is 9.42. The highest BCUT2D eigenvalue weighted by Gasteiger charge is 2.16. The van der Waals surface area contributed by atoms with Crippen molar-refractivity contribution in [3.8, 4) is 22.8 Å². The number of carboxylic acid groups (broad SMARTS) is 1. The number of hydrogen-bond acceptors (Lipinski definition) is 5. The Kier molecular flexibility index (Phi) is 8.92. The molecule has 1 amide bonds. The molecule has 0 radical (unpaired) electrons. The lowest BCUT2D eigenvalue weighted by Gasteiger charge is -2.03. The number of aromatic amines is 2. The van der Waals surface area contributed by atoms with Crippen LogP contribution in [0.4, 0.5) is 5.82 Å². The summed E-state index contributed by atoms with van der Waals surface area (Å²) >= 11 is 24.8. The Morgan fingerprint density at radius 1 is 0.630 bits per heavy atom. The summed E-state index contributed by atoms with van der Waals surface area (Å²) in [7, 11) is 0. The SMILES string of the molecule is O=C(Nc1ccccn1)c1ccc2nc(-c3c(Cl)cccc3Cl)[nH]c2c1.O=C(O)c1ccc2nc(-c3c(Cl)cccc3Cl)[nH]c2c1. The van der Waals surface area contributed by atoms with Gasteiger partial charge in [0.05, 0.1) is 58.8 Å². The van der Waals surface area contributed by atoms with Crippen molar-refractivity contribution < 1.29 is 14.7 Å². The molecular weight excluding hydrogens is 670 g/mol. The molecule has 13 heteroatoms. The van der Waals surface area contributed by atoms with Gasteiger partial charge in [-0.15, -0.1) is 0 Å². The zero-order valence-electron chi connectivity index (χ0n) is 23.4. The van der Waals surface area contributed by atoms with Gasteiger partial charge < -0.3 is 20.4 Å². The number of imidazole rings is 2. The number of nitrogens with zero attached hydrogens (tertiary/aromatic N) is 3. The van der Waals surface area contributed by atoms with E-state index in [0.717, 1.165) is 0 Å². The van der Waals surface area contributed by atoms with Crippen LogP contribution in [0, 0.1) is 0 Å². The van der Waals surface area contributed by atoms with E-state index >= 15 is 0 Å². The minimum absolute atomic E-state index is 0.193. The first-order valence-electron chi connectivity index (χ1n) is 13.5. The van der Waals surface area contributed by atoms with E-state index in [1.807, 2.05) is 0 Å². The van der Waals surface area contributed by atoms with Crippen molar-refractivity contribution in [2.24, 2.45) is 0 Å². The van der Waals surface area contributed by atoms with Crippen LogP contribution in [-0.2, 0) is 0 Å². The molecule has 7 rings (SSSR count). The van der Waals surface area contributed by atoms with Gasteiger partial charge in [-0.25, -0.2) is 19.7 Å². The van der Waals surface area contributed by atoms with E-state index in [4.69, 9.17) is 51.5 Å². The molecule has 0 aliphatic heterocycles. The number of halogens is 4. The van der Waals surface area contributed by atoms with E-state index in [9.17, 15) is 9.59 Å². The fourth-order valence-electron chi connectivity index (χ4n) is 4.60. The van der Waals surface area contributed by atoms with Crippen LogP contribution in [0.5, 0.6) is 0 Å². The number of carboxylic acids is 1. The molecule has 0 bridgehead atoms. The summed E-state index contributed by atoms with van der Waals surface area (Å²) in [6, 6.07) is 25.7. The van der Waals surface area contributed by atoms with E-state index < -0.39 is 5.97 Å². The van der Waals surface area contributed by atoms with Crippen molar-refractivity contribution in [1.82, 2.24) is 24.9 Å². The Morgan fingerprint density at radius 3 is 1.61 bits per heavy atom. The molecule has 9 nitrogen and oxygen atoms in total. The van der Waals surface area contributed by atoms with Gasteiger partial charge in [0.2, 0.25) is 0 Å². The van der Waals surface area contributed by atoms with Gasteiger partial charge in [0.25, 0.3) is 5.91 Å². The highest BCUT2D eigenvalue weighted by Crippen LogP contribution is 2.35. The van der Waals surface area contributed by atoms with Gasteiger partial charge in [-0.3, -0.25) is 4.79 Å². The number of carbonyl (C=O) groups excluding carboxylic acids is 1. The van der Waals surface area contributed by atoms with Gasteiger partial charge in [0, 0.05) is 11.8 Å². The molecule has 4 N–H and O–H groups in total. The lowest BCUT2D eigenvalue weighted by molar-refractivity contribution is 0.0696. The summed E-state index contributed by atoms with van der Waals surface area (Å²) in [6.07, 6.45) is 1.62. The van der Waals surface area contributed by atoms with Gasteiger partial charge in [0.1, 0.15) is 17.5 Å². The first-order valence-corrected chi connectivity index (χ1v) is 15.0. The van der Waals surface area contributed by atoms with Crippen molar-refractivity contribution in [3.63, 3.8) is 0 Å². The second kappa shape index (κ2) is 13.2. The average Bonchev–Trinajstić information content (AvgIpc) is 3.65. The number of amides is 1. The molecule has 0 atom stereocenters. The maximum Gasteiger partial charge on any atom is 0.335 e. The van der Waals surface area contributed by atoms with Crippen LogP contribution in [0.25, 0.3) is 44.8 Å². The largest absolute Gasteiger partial charge is 0.478 e. The van der Waals surface area contributed by atoms with E-state index in [1.54, 1.807) is 85.1 Å². The Hall–Kier alpha value is -4.93. The second-order valence-corrected chi connectivity index (χ2v) is 11.4. The molecule has 0 unspecified atom stereocenters. The smallest absolute Gasteiger partial charge is 0.335 e. The highest BCUT2D eigenvalue weighted by molar-refractivity contribution is 6.39. The zero-order valence-corrected chi connectivity index (χ0v) is 26.4. The van der Waals surface area contributed by atoms with E-state index in [2.05, 4.69) is 30.2 Å². The molecule has 0 saturated carbocycles. The molecule has 228 valence electrons. The molecule has 4 aromatic carbocycles. The molecule has 3 heterocycles. The molecular formula is C33H20Cl4N6O3. The fourth-order valence-corrected chi connectivity index (χ4v) is 5.76. The van der Waals surface area contributed by atoms with Crippen LogP contribution < -0.4 is 5.32 Å². The summed E-state index contributed by atoms with van der Waals surface area (Å²) < 4.78 is 0. The second-order valence-electron chi connectivity index (χ2n) is 9.80. The summed E-state index contributed by atoms with van der Waals surface area (Å²) in [4.78, 5) is 42.6. The Balaban J connectivity index is 0.000000167. The lowest BCUT2D eigenvalue weighted by Crippen LogP contribution is -2.12. The molecule has 0 fully saturated rings. The van der Waals surface area contributed by atoms with Crippen molar-refractivity contribution in [2.45, 2.75) is 0 Å². The lowest BCUT2D eigenvalue weighted by atomic mass is 10.2. The van der Waals surface area contributed by atoms with E-state index in [-0.39, 0.29) is 11.5 Å². The average molecular weight is 690 g/mol. The fraction of sp³-hybridized carbons (Fsp3) is 0. The number of nitrogens with one attached hydrogen (secondary N) is 3. The summed E-state index contributed by atoms with van der Waals surface area (Å²) in [5.74, 6) is 0.318. The predicted molar refractivity (Wildman–Crippen MR) is 182 cm³/mol. The molecule has 7 aromatic rings. The number of anilines is 1. The topological polar surface area (TPSA) is 137 Å². The van der Waals surface area contributed by atoms with Gasteiger partial charge in [-0.1, -0.05) is 64.6 Å². The number of fused-ring (bicyclic) bond motifs is 2. The Labute approximate surface area is 281 Å². The first kappa shape index (κ1) is 31.1. The van der Waals surface area contributed by atoms with Crippen LogP contribution in [0.2, 0.25) is 20.1 Å². The number of aromatic nitrogens is 5. The quantitative estimate of drug-likeness (QED) is 0.142. The maximum absolute atomic E-state index is 12.4. The molecule has 0 aliphatic rings. The van der Waals surface area contributed by atoms with Crippen LogP contribution >= 0.6 is 46.4 Å². The summed E-state index contributed by atoms with van der Waals surface area (Å²) in [5.41, 5.74) is 4.61. The summed E-state index contributed by atoms with van der Waals surface area (Å²) in [5, 5.41) is 13.7. The normalized spacial score (nSPS) is 10.9. The maximum atomic E-state index is 12.4. The minimum Gasteiger partial charge on any atom is -0.478 e. The Bertz CT molecular complexity index is 2210. The van der Waals surface area contributed by atoms with Gasteiger partial charge in [-0.2, -0.15) is 0 Å². The number of pyridine rings is 1. The van der Waals surface area contributed by atoms with Crippen molar-refractivity contribution >= 4 is 86.2 Å². The van der Waals surface area contributed by atoms with E-state index in [0.29, 0.717) is 76.3 Å². The number of carbonyl (C=O) groups is 2. The highest BCUT2D eigenvalue weighted by atomic mass is 35.5. The molecule has 3 aromatic heterocycles. The minimum atomic E-state index is -0.987. The molecule has 0 aliphatic carbocycles.